The van der Waals surface area contributed by atoms with Gasteiger partial charge in [-0.3, -0.25) is 4.79 Å². The van der Waals surface area contributed by atoms with Crippen molar-refractivity contribution in [3.05, 3.63) is 46.2 Å². The molecule has 0 bridgehead atoms. The maximum Gasteiger partial charge on any atom is 0.163 e. The van der Waals surface area contributed by atoms with Crippen LogP contribution in [-0.4, -0.2) is 5.78 Å². The second-order valence-electron chi connectivity index (χ2n) is 8.07. The van der Waals surface area contributed by atoms with Gasteiger partial charge in [0.1, 0.15) is 11.4 Å². The zero-order chi connectivity index (χ0) is 16.2. The first-order valence-corrected chi connectivity index (χ1v) is 9.00. The summed E-state index contributed by atoms with van der Waals surface area (Å²) in [7, 11) is 0. The number of rotatable bonds is 1. The summed E-state index contributed by atoms with van der Waals surface area (Å²) in [4.78, 5) is 12.8. The first-order chi connectivity index (χ1) is 10.9. The Bertz CT molecular complexity index is 686. The van der Waals surface area contributed by atoms with Crippen molar-refractivity contribution < 1.29 is 9.53 Å². The fourth-order valence-electron chi connectivity index (χ4n) is 4.76. The van der Waals surface area contributed by atoms with Gasteiger partial charge in [0.2, 0.25) is 0 Å². The van der Waals surface area contributed by atoms with Crippen LogP contribution in [0.15, 0.2) is 35.6 Å². The molecule has 1 aliphatic heterocycles. The predicted molar refractivity (Wildman–Crippen MR) is 91.2 cm³/mol. The van der Waals surface area contributed by atoms with Gasteiger partial charge in [-0.1, -0.05) is 44.0 Å². The van der Waals surface area contributed by atoms with E-state index in [4.69, 9.17) is 16.3 Å². The van der Waals surface area contributed by atoms with Crippen LogP contribution in [-0.2, 0) is 15.1 Å². The Labute approximate surface area is 142 Å². The summed E-state index contributed by atoms with van der Waals surface area (Å²) >= 11 is 6.07. The van der Waals surface area contributed by atoms with Crippen molar-refractivity contribution >= 4 is 17.4 Å². The number of benzene rings is 1. The van der Waals surface area contributed by atoms with E-state index in [2.05, 4.69) is 26.0 Å². The molecule has 0 N–H and O–H groups in total. The number of ketones is 1. The lowest BCUT2D eigenvalue weighted by atomic mass is 9.66. The Hall–Kier alpha value is -1.28. The van der Waals surface area contributed by atoms with Gasteiger partial charge in [0.15, 0.2) is 5.78 Å². The highest BCUT2D eigenvalue weighted by molar-refractivity contribution is 6.30. The van der Waals surface area contributed by atoms with E-state index in [9.17, 15) is 4.79 Å². The van der Waals surface area contributed by atoms with Gasteiger partial charge in [-0.05, 0) is 42.4 Å². The lowest BCUT2D eigenvalue weighted by molar-refractivity contribution is -0.118. The highest BCUT2D eigenvalue weighted by Crippen LogP contribution is 2.58. The minimum absolute atomic E-state index is 0.00456. The van der Waals surface area contributed by atoms with Gasteiger partial charge < -0.3 is 4.74 Å². The number of halogens is 1. The van der Waals surface area contributed by atoms with E-state index in [0.29, 0.717) is 12.2 Å². The molecule has 0 unspecified atom stereocenters. The molecule has 23 heavy (non-hydrogen) atoms. The molecule has 0 spiro atoms. The number of carbonyl (C=O) groups is 1. The van der Waals surface area contributed by atoms with E-state index in [1.165, 1.54) is 12.0 Å². The number of hydrogen-bond acceptors (Lipinski definition) is 2. The minimum atomic E-state index is -0.344. The van der Waals surface area contributed by atoms with Crippen molar-refractivity contribution in [3.63, 3.8) is 0 Å². The molecular formula is C20H23ClO2. The van der Waals surface area contributed by atoms with Gasteiger partial charge in [0, 0.05) is 29.4 Å². The van der Waals surface area contributed by atoms with Crippen molar-refractivity contribution in [2.24, 2.45) is 11.3 Å². The van der Waals surface area contributed by atoms with E-state index in [-0.39, 0.29) is 16.9 Å². The number of Topliss-reactive ketones (excluding diaryl/α,β-unsaturated/α-hetero) is 1. The fourth-order valence-corrected chi connectivity index (χ4v) is 4.88. The topological polar surface area (TPSA) is 26.3 Å². The van der Waals surface area contributed by atoms with Crippen LogP contribution in [0.5, 0.6) is 0 Å². The molecule has 3 aliphatic rings. The van der Waals surface area contributed by atoms with Crippen LogP contribution < -0.4 is 0 Å². The summed E-state index contributed by atoms with van der Waals surface area (Å²) in [5, 5.41) is 0.741. The predicted octanol–water partition coefficient (Wildman–Crippen LogP) is 5.40. The van der Waals surface area contributed by atoms with Crippen LogP contribution in [0, 0.1) is 11.3 Å². The number of hydrogen-bond donors (Lipinski definition) is 0. The minimum Gasteiger partial charge on any atom is -0.486 e. The van der Waals surface area contributed by atoms with Gasteiger partial charge in [-0.2, -0.15) is 0 Å². The normalized spacial score (nSPS) is 32.3. The molecule has 1 aromatic rings. The van der Waals surface area contributed by atoms with Gasteiger partial charge in [0.25, 0.3) is 0 Å². The Balaban J connectivity index is 1.79. The van der Waals surface area contributed by atoms with E-state index in [1.54, 1.807) is 0 Å². The summed E-state index contributed by atoms with van der Waals surface area (Å²) in [5.74, 6) is 1.49. The molecule has 0 saturated heterocycles. The molecule has 4 rings (SSSR count). The third-order valence-electron chi connectivity index (χ3n) is 5.72. The molecule has 0 radical (unpaired) electrons. The average Bonchev–Trinajstić information content (AvgIpc) is 2.81. The standard InChI is InChI=1S/C20H23ClO2/c1-19(2)11-16(22)18-15-5-3-4-10-20(15,23-17(18)12-19)13-6-8-14(21)9-7-13/h6-9,15H,3-5,10-12H2,1-2H3/t15-,20+/m0/s1. The number of carbonyl (C=O) groups excluding carboxylic acids is 1. The largest absolute Gasteiger partial charge is 0.486 e. The average molecular weight is 331 g/mol. The molecule has 2 nitrogen and oxygen atoms in total. The fraction of sp³-hybridized carbons (Fsp3) is 0.550. The van der Waals surface area contributed by atoms with E-state index in [1.807, 2.05) is 12.1 Å². The Morgan fingerprint density at radius 2 is 1.87 bits per heavy atom. The van der Waals surface area contributed by atoms with Crippen molar-refractivity contribution in [2.75, 3.05) is 0 Å². The van der Waals surface area contributed by atoms with Crippen LogP contribution in [0.1, 0.15) is 57.9 Å². The molecule has 122 valence electrons. The second kappa shape index (κ2) is 5.11. The number of fused-ring (bicyclic) bond motifs is 2. The van der Waals surface area contributed by atoms with Gasteiger partial charge in [0.05, 0.1) is 0 Å². The van der Waals surface area contributed by atoms with Crippen LogP contribution >= 0.6 is 11.6 Å². The van der Waals surface area contributed by atoms with E-state index < -0.39 is 0 Å². The maximum atomic E-state index is 12.8. The Kier molecular flexibility index (Phi) is 3.39. The highest BCUT2D eigenvalue weighted by atomic mass is 35.5. The molecule has 0 amide bonds. The Morgan fingerprint density at radius 3 is 2.61 bits per heavy atom. The molecule has 2 aliphatic carbocycles. The van der Waals surface area contributed by atoms with Crippen molar-refractivity contribution in [1.29, 1.82) is 0 Å². The van der Waals surface area contributed by atoms with Crippen LogP contribution in [0.3, 0.4) is 0 Å². The first kappa shape index (κ1) is 15.3. The number of allylic oxidation sites excluding steroid dienone is 1. The third-order valence-corrected chi connectivity index (χ3v) is 5.97. The van der Waals surface area contributed by atoms with Gasteiger partial charge in [-0.25, -0.2) is 0 Å². The van der Waals surface area contributed by atoms with Crippen LogP contribution in [0.2, 0.25) is 5.02 Å². The highest BCUT2D eigenvalue weighted by Gasteiger charge is 2.55. The van der Waals surface area contributed by atoms with Crippen LogP contribution in [0.25, 0.3) is 0 Å². The summed E-state index contributed by atoms with van der Waals surface area (Å²) in [6.07, 6.45) is 5.88. The zero-order valence-electron chi connectivity index (χ0n) is 13.8. The summed E-state index contributed by atoms with van der Waals surface area (Å²) in [6.45, 7) is 4.32. The summed E-state index contributed by atoms with van der Waals surface area (Å²) in [6, 6.07) is 8.02. The van der Waals surface area contributed by atoms with E-state index in [0.717, 1.165) is 42.0 Å². The SMILES string of the molecule is CC1(C)CC(=O)C2=C(C1)O[C@@]1(c3ccc(Cl)cc3)CCCC[C@@H]21. The number of ether oxygens (including phenoxy) is 1. The van der Waals surface area contributed by atoms with Crippen molar-refractivity contribution in [3.8, 4) is 0 Å². The molecule has 1 saturated carbocycles. The van der Waals surface area contributed by atoms with Crippen molar-refractivity contribution in [1.82, 2.24) is 0 Å². The lowest BCUT2D eigenvalue weighted by Crippen LogP contribution is -2.38. The summed E-state index contributed by atoms with van der Waals surface area (Å²) in [5.41, 5.74) is 1.83. The smallest absolute Gasteiger partial charge is 0.163 e. The third kappa shape index (κ3) is 2.34. The van der Waals surface area contributed by atoms with Gasteiger partial charge in [-0.15, -0.1) is 0 Å². The first-order valence-electron chi connectivity index (χ1n) is 8.63. The quantitative estimate of drug-likeness (QED) is 0.689. The van der Waals surface area contributed by atoms with Crippen molar-refractivity contribution in [2.45, 2.75) is 58.0 Å². The summed E-state index contributed by atoms with van der Waals surface area (Å²) < 4.78 is 6.60. The molecule has 0 aromatic heterocycles. The molecule has 1 aromatic carbocycles. The molecule has 3 heteroatoms. The van der Waals surface area contributed by atoms with E-state index >= 15 is 0 Å². The zero-order valence-corrected chi connectivity index (χ0v) is 14.6. The van der Waals surface area contributed by atoms with Crippen LogP contribution in [0.4, 0.5) is 0 Å². The lowest BCUT2D eigenvalue weighted by Gasteiger charge is -2.39. The maximum absolute atomic E-state index is 12.8. The molecule has 1 fully saturated rings. The Morgan fingerprint density at radius 1 is 1.13 bits per heavy atom. The molecular weight excluding hydrogens is 308 g/mol. The monoisotopic (exact) mass is 330 g/mol. The molecule has 2 atom stereocenters. The van der Waals surface area contributed by atoms with Gasteiger partial charge >= 0.3 is 0 Å². The molecule has 1 heterocycles. The second-order valence-corrected chi connectivity index (χ2v) is 8.51.